The number of carboxylic acids is 1. The minimum absolute atomic E-state index is 0.128. The van der Waals surface area contributed by atoms with Gasteiger partial charge in [-0.1, -0.05) is 12.1 Å². The molecule has 17 heavy (non-hydrogen) atoms. The number of benzene rings is 1. The summed E-state index contributed by atoms with van der Waals surface area (Å²) in [6.07, 6.45) is 2.16. The van der Waals surface area contributed by atoms with E-state index in [1.165, 1.54) is 0 Å². The third kappa shape index (κ3) is 4.56. The van der Waals surface area contributed by atoms with Crippen molar-refractivity contribution in [1.29, 1.82) is 0 Å². The lowest BCUT2D eigenvalue weighted by Gasteiger charge is -2.25. The number of hydrogen-bond acceptors (Lipinski definition) is 4. The molecule has 0 unspecified atom stereocenters. The molecule has 3 N–H and O–H groups in total. The fourth-order valence-corrected chi connectivity index (χ4v) is 1.96. The van der Waals surface area contributed by atoms with Gasteiger partial charge in [0.15, 0.2) is 0 Å². The molecule has 4 nitrogen and oxygen atoms in total. The molecule has 0 heterocycles. The molecule has 1 rings (SSSR count). The summed E-state index contributed by atoms with van der Waals surface area (Å²) in [7, 11) is 0. The number of rotatable bonds is 7. The summed E-state index contributed by atoms with van der Waals surface area (Å²) in [4.78, 5) is 12.7. The first kappa shape index (κ1) is 13.7. The summed E-state index contributed by atoms with van der Waals surface area (Å²) in [5, 5.41) is 8.74. The van der Waals surface area contributed by atoms with Crippen molar-refractivity contribution in [1.82, 2.24) is 0 Å². The van der Waals surface area contributed by atoms with Crippen molar-refractivity contribution in [3.8, 4) is 0 Å². The highest BCUT2D eigenvalue weighted by molar-refractivity contribution is 7.98. The summed E-state index contributed by atoms with van der Waals surface area (Å²) in [6.45, 7) is 1.30. The van der Waals surface area contributed by atoms with Crippen LogP contribution in [0.25, 0.3) is 0 Å². The van der Waals surface area contributed by atoms with Gasteiger partial charge in [0.2, 0.25) is 0 Å². The van der Waals surface area contributed by atoms with Gasteiger partial charge in [-0.2, -0.15) is 11.8 Å². The monoisotopic (exact) mass is 254 g/mol. The summed E-state index contributed by atoms with van der Waals surface area (Å²) < 4.78 is 0. The van der Waals surface area contributed by atoms with E-state index in [0.29, 0.717) is 12.2 Å². The Kier molecular flexibility index (Phi) is 5.69. The van der Waals surface area contributed by atoms with Crippen LogP contribution in [0.15, 0.2) is 24.3 Å². The van der Waals surface area contributed by atoms with Gasteiger partial charge in [-0.05, 0) is 18.4 Å². The second-order valence-electron chi connectivity index (χ2n) is 3.68. The molecule has 0 fully saturated rings. The molecule has 0 bridgehead atoms. The molecule has 0 saturated carbocycles. The van der Waals surface area contributed by atoms with Gasteiger partial charge < -0.3 is 15.7 Å². The van der Waals surface area contributed by atoms with Crippen molar-refractivity contribution in [2.75, 3.05) is 35.7 Å². The van der Waals surface area contributed by atoms with E-state index in [1.54, 1.807) is 11.8 Å². The quantitative estimate of drug-likeness (QED) is 0.728. The van der Waals surface area contributed by atoms with Gasteiger partial charge in [0.05, 0.1) is 17.8 Å². The number of thioether (sulfide) groups is 1. The average molecular weight is 254 g/mol. The summed E-state index contributed by atoms with van der Waals surface area (Å²) in [6, 6.07) is 7.56. The maximum atomic E-state index is 10.6. The molecule has 0 spiro atoms. The van der Waals surface area contributed by atoms with E-state index >= 15 is 0 Å². The van der Waals surface area contributed by atoms with Crippen LogP contribution >= 0.6 is 11.8 Å². The molecule has 1 aromatic carbocycles. The van der Waals surface area contributed by atoms with Crippen LogP contribution in [0.2, 0.25) is 0 Å². The minimum atomic E-state index is -0.784. The Labute approximate surface area is 106 Å². The molecular formula is C12H18N2O2S. The van der Waals surface area contributed by atoms with Crippen LogP contribution in [-0.2, 0) is 4.79 Å². The van der Waals surface area contributed by atoms with Gasteiger partial charge >= 0.3 is 5.97 Å². The van der Waals surface area contributed by atoms with Crippen LogP contribution in [-0.4, -0.2) is 36.2 Å². The number of aliphatic carboxylic acids is 1. The zero-order chi connectivity index (χ0) is 12.7. The fourth-order valence-electron chi connectivity index (χ4n) is 1.56. The lowest BCUT2D eigenvalue weighted by Crippen LogP contribution is -2.29. The van der Waals surface area contributed by atoms with E-state index in [0.717, 1.165) is 18.0 Å². The van der Waals surface area contributed by atoms with Crippen molar-refractivity contribution in [2.24, 2.45) is 0 Å². The highest BCUT2D eigenvalue weighted by Crippen LogP contribution is 2.22. The van der Waals surface area contributed by atoms with E-state index < -0.39 is 5.97 Å². The SMILES string of the molecule is CSCCN(CCC(=O)O)c1ccccc1N. The van der Waals surface area contributed by atoms with Gasteiger partial charge in [-0.25, -0.2) is 0 Å². The Hall–Kier alpha value is -1.36. The first-order chi connectivity index (χ1) is 8.15. The number of anilines is 2. The first-order valence-electron chi connectivity index (χ1n) is 5.45. The Balaban J connectivity index is 2.74. The normalized spacial score (nSPS) is 10.2. The predicted molar refractivity (Wildman–Crippen MR) is 73.7 cm³/mol. The predicted octanol–water partition coefficient (Wildman–Crippen LogP) is 1.91. The van der Waals surface area contributed by atoms with Crippen molar-refractivity contribution in [3.05, 3.63) is 24.3 Å². The number of nitrogens with zero attached hydrogens (tertiary/aromatic N) is 1. The zero-order valence-electron chi connectivity index (χ0n) is 9.93. The number of nitrogen functional groups attached to an aromatic ring is 1. The Morgan fingerprint density at radius 1 is 1.41 bits per heavy atom. The smallest absolute Gasteiger partial charge is 0.305 e. The molecule has 0 aliphatic carbocycles. The van der Waals surface area contributed by atoms with E-state index in [-0.39, 0.29) is 6.42 Å². The zero-order valence-corrected chi connectivity index (χ0v) is 10.7. The minimum Gasteiger partial charge on any atom is -0.481 e. The van der Waals surface area contributed by atoms with Crippen LogP contribution < -0.4 is 10.6 Å². The molecule has 0 radical (unpaired) electrons. The fraction of sp³-hybridized carbons (Fsp3) is 0.417. The molecule has 0 aliphatic rings. The van der Waals surface area contributed by atoms with Crippen LogP contribution in [0, 0.1) is 0 Å². The van der Waals surface area contributed by atoms with Gasteiger partial charge in [0, 0.05) is 18.8 Å². The van der Waals surface area contributed by atoms with E-state index in [1.807, 2.05) is 35.4 Å². The molecule has 94 valence electrons. The van der Waals surface area contributed by atoms with Crippen LogP contribution in [0.4, 0.5) is 11.4 Å². The number of carboxylic acid groups (broad SMARTS) is 1. The van der Waals surface area contributed by atoms with Crippen LogP contribution in [0.1, 0.15) is 6.42 Å². The summed E-state index contributed by atoms with van der Waals surface area (Å²) >= 11 is 1.73. The van der Waals surface area contributed by atoms with Crippen LogP contribution in [0.5, 0.6) is 0 Å². The molecule has 0 aromatic heterocycles. The maximum Gasteiger partial charge on any atom is 0.305 e. The van der Waals surface area contributed by atoms with Gasteiger partial charge in [0.25, 0.3) is 0 Å². The second kappa shape index (κ2) is 7.06. The number of hydrogen-bond donors (Lipinski definition) is 2. The molecule has 5 heteroatoms. The number of carbonyl (C=O) groups is 1. The van der Waals surface area contributed by atoms with Gasteiger partial charge in [-0.3, -0.25) is 4.79 Å². The second-order valence-corrected chi connectivity index (χ2v) is 4.67. The third-order valence-corrected chi connectivity index (χ3v) is 3.03. The summed E-state index contributed by atoms with van der Waals surface area (Å²) in [5.41, 5.74) is 7.52. The van der Waals surface area contributed by atoms with Gasteiger partial charge in [-0.15, -0.1) is 0 Å². The molecule has 0 amide bonds. The van der Waals surface area contributed by atoms with Crippen molar-refractivity contribution >= 4 is 29.1 Å². The van der Waals surface area contributed by atoms with Crippen LogP contribution in [0.3, 0.4) is 0 Å². The number of para-hydroxylation sites is 2. The largest absolute Gasteiger partial charge is 0.481 e. The van der Waals surface area contributed by atoms with E-state index in [9.17, 15) is 4.79 Å². The Morgan fingerprint density at radius 2 is 2.12 bits per heavy atom. The highest BCUT2D eigenvalue weighted by Gasteiger charge is 2.10. The lowest BCUT2D eigenvalue weighted by molar-refractivity contribution is -0.136. The third-order valence-electron chi connectivity index (χ3n) is 2.44. The van der Waals surface area contributed by atoms with E-state index in [4.69, 9.17) is 10.8 Å². The van der Waals surface area contributed by atoms with Crippen molar-refractivity contribution in [3.63, 3.8) is 0 Å². The molecule has 0 saturated heterocycles. The molecular weight excluding hydrogens is 236 g/mol. The highest BCUT2D eigenvalue weighted by atomic mass is 32.2. The summed E-state index contributed by atoms with van der Waals surface area (Å²) in [5.74, 6) is 0.169. The molecule has 0 aliphatic heterocycles. The number of nitrogens with two attached hydrogens (primary N) is 1. The van der Waals surface area contributed by atoms with Crippen molar-refractivity contribution < 1.29 is 9.90 Å². The Morgan fingerprint density at radius 3 is 2.71 bits per heavy atom. The van der Waals surface area contributed by atoms with Gasteiger partial charge in [0.1, 0.15) is 0 Å². The van der Waals surface area contributed by atoms with Crippen molar-refractivity contribution in [2.45, 2.75) is 6.42 Å². The first-order valence-corrected chi connectivity index (χ1v) is 6.84. The topological polar surface area (TPSA) is 66.6 Å². The molecule has 0 atom stereocenters. The molecule has 1 aromatic rings. The standard InChI is InChI=1S/C12H18N2O2S/c1-17-9-8-14(7-6-12(15)16)11-5-3-2-4-10(11)13/h2-5H,6-9,13H2,1H3,(H,15,16). The average Bonchev–Trinajstić information content (AvgIpc) is 2.30. The maximum absolute atomic E-state index is 10.6. The van der Waals surface area contributed by atoms with E-state index in [2.05, 4.69) is 0 Å². The Bertz CT molecular complexity index is 371. The lowest BCUT2D eigenvalue weighted by atomic mass is 10.2.